The Bertz CT molecular complexity index is 931. The molecular weight excluding hydrogens is 351 g/mol. The van der Waals surface area contributed by atoms with Crippen molar-refractivity contribution in [2.45, 2.75) is 12.8 Å². The van der Waals surface area contributed by atoms with Crippen LogP contribution in [0.3, 0.4) is 0 Å². The number of aromatic nitrogens is 2. The first-order valence-electron chi connectivity index (χ1n) is 7.06. The van der Waals surface area contributed by atoms with Gasteiger partial charge in [0.25, 0.3) is 0 Å². The molecule has 3 aromatic rings. The largest absolute Gasteiger partial charge is 0.481 e. The molecule has 0 bridgehead atoms. The van der Waals surface area contributed by atoms with Crippen molar-refractivity contribution in [2.75, 3.05) is 0 Å². The molecule has 3 rings (SSSR count). The van der Waals surface area contributed by atoms with Gasteiger partial charge in [0.05, 0.1) is 28.2 Å². The van der Waals surface area contributed by atoms with Crippen LogP contribution in [0.4, 0.5) is 0 Å². The molecule has 0 fully saturated rings. The van der Waals surface area contributed by atoms with Gasteiger partial charge >= 0.3 is 5.97 Å². The van der Waals surface area contributed by atoms with Gasteiger partial charge in [0.2, 0.25) is 5.88 Å². The molecule has 1 N–H and O–H groups in total. The van der Waals surface area contributed by atoms with Crippen LogP contribution in [0.15, 0.2) is 42.6 Å². The molecule has 0 aliphatic heterocycles. The normalized spacial score (nSPS) is 12.1. The van der Waals surface area contributed by atoms with Crippen LogP contribution in [-0.4, -0.2) is 21.0 Å². The molecule has 5 nitrogen and oxygen atoms in total. The van der Waals surface area contributed by atoms with E-state index in [-0.39, 0.29) is 5.88 Å². The number of nitrogens with zero attached hydrogens (tertiary/aromatic N) is 2. The SMILES string of the molecule is CC(C(=O)O)c1ccc(Oc2cnc3cc(Cl)ccc3n2)c(Cl)c1. The number of carboxylic acid groups (broad SMARTS) is 1. The van der Waals surface area contributed by atoms with Crippen LogP contribution in [0.5, 0.6) is 11.6 Å². The fourth-order valence-corrected chi connectivity index (χ4v) is 2.53. The second-order valence-electron chi connectivity index (χ2n) is 5.19. The molecule has 0 spiro atoms. The summed E-state index contributed by atoms with van der Waals surface area (Å²) < 4.78 is 5.66. The average Bonchev–Trinajstić information content (AvgIpc) is 2.56. The zero-order valence-electron chi connectivity index (χ0n) is 12.5. The Morgan fingerprint density at radius 1 is 1.17 bits per heavy atom. The summed E-state index contributed by atoms with van der Waals surface area (Å²) >= 11 is 12.1. The van der Waals surface area contributed by atoms with E-state index < -0.39 is 11.9 Å². The minimum Gasteiger partial charge on any atom is -0.481 e. The Morgan fingerprint density at radius 3 is 2.67 bits per heavy atom. The molecule has 1 unspecified atom stereocenters. The first kappa shape index (κ1) is 16.5. The maximum atomic E-state index is 11.0. The summed E-state index contributed by atoms with van der Waals surface area (Å²) in [6.45, 7) is 1.59. The number of carbonyl (C=O) groups is 1. The van der Waals surface area contributed by atoms with E-state index in [1.165, 1.54) is 6.20 Å². The van der Waals surface area contributed by atoms with Gasteiger partial charge in [0, 0.05) is 5.02 Å². The van der Waals surface area contributed by atoms with Crippen molar-refractivity contribution < 1.29 is 14.6 Å². The smallest absolute Gasteiger partial charge is 0.310 e. The van der Waals surface area contributed by atoms with E-state index in [9.17, 15) is 4.79 Å². The molecule has 2 aromatic carbocycles. The van der Waals surface area contributed by atoms with E-state index in [1.807, 2.05) is 0 Å². The maximum Gasteiger partial charge on any atom is 0.310 e. The predicted molar refractivity (Wildman–Crippen MR) is 92.1 cm³/mol. The number of rotatable bonds is 4. The molecule has 0 radical (unpaired) electrons. The van der Waals surface area contributed by atoms with Gasteiger partial charge in [-0.1, -0.05) is 29.3 Å². The maximum absolute atomic E-state index is 11.0. The number of ether oxygens (including phenoxy) is 1. The van der Waals surface area contributed by atoms with Gasteiger partial charge in [-0.25, -0.2) is 9.97 Å². The van der Waals surface area contributed by atoms with E-state index in [0.717, 1.165) is 0 Å². The minimum atomic E-state index is -0.918. The molecule has 1 heterocycles. The number of aliphatic carboxylic acids is 1. The van der Waals surface area contributed by atoms with Crippen LogP contribution in [0.1, 0.15) is 18.4 Å². The Kier molecular flexibility index (Phi) is 4.55. The Hall–Kier alpha value is -2.37. The molecule has 0 aliphatic rings. The third-order valence-corrected chi connectivity index (χ3v) is 4.05. The number of fused-ring (bicyclic) bond motifs is 1. The van der Waals surface area contributed by atoms with Gasteiger partial charge in [-0.2, -0.15) is 0 Å². The third kappa shape index (κ3) is 3.42. The van der Waals surface area contributed by atoms with Gasteiger partial charge in [-0.05, 0) is 42.8 Å². The zero-order valence-corrected chi connectivity index (χ0v) is 14.0. The van der Waals surface area contributed by atoms with Gasteiger partial charge in [-0.15, -0.1) is 0 Å². The van der Waals surface area contributed by atoms with E-state index in [1.54, 1.807) is 43.3 Å². The molecule has 0 amide bonds. The predicted octanol–water partition coefficient (Wildman–Crippen LogP) is 4.92. The second-order valence-corrected chi connectivity index (χ2v) is 6.04. The summed E-state index contributed by atoms with van der Waals surface area (Å²) in [6, 6.07) is 10.0. The van der Waals surface area contributed by atoms with Gasteiger partial charge in [0.15, 0.2) is 0 Å². The number of hydrogen-bond donors (Lipinski definition) is 1. The Labute approximate surface area is 147 Å². The van der Waals surface area contributed by atoms with E-state index in [0.29, 0.717) is 32.4 Å². The first-order chi connectivity index (χ1) is 11.4. The summed E-state index contributed by atoms with van der Waals surface area (Å²) in [7, 11) is 0. The number of hydrogen-bond acceptors (Lipinski definition) is 4. The fourth-order valence-electron chi connectivity index (χ4n) is 2.14. The van der Waals surface area contributed by atoms with Gasteiger partial charge in [-0.3, -0.25) is 4.79 Å². The van der Waals surface area contributed by atoms with Crippen molar-refractivity contribution >= 4 is 40.2 Å². The molecule has 122 valence electrons. The van der Waals surface area contributed by atoms with E-state index in [2.05, 4.69) is 9.97 Å². The quantitative estimate of drug-likeness (QED) is 0.713. The molecular formula is C17H12Cl2N2O3. The molecule has 1 atom stereocenters. The molecule has 0 saturated heterocycles. The summed E-state index contributed by atoms with van der Waals surface area (Å²) in [6.07, 6.45) is 1.47. The fraction of sp³-hybridized carbons (Fsp3) is 0.118. The van der Waals surface area contributed by atoms with Crippen LogP contribution in [0.2, 0.25) is 10.0 Å². The highest BCUT2D eigenvalue weighted by Crippen LogP contribution is 2.32. The molecule has 24 heavy (non-hydrogen) atoms. The van der Waals surface area contributed by atoms with Crippen molar-refractivity contribution in [1.29, 1.82) is 0 Å². The molecule has 0 saturated carbocycles. The summed E-state index contributed by atoms with van der Waals surface area (Å²) in [5, 5.41) is 9.93. The first-order valence-corrected chi connectivity index (χ1v) is 7.82. The molecule has 0 aliphatic carbocycles. The lowest BCUT2D eigenvalue weighted by Crippen LogP contribution is -2.07. The van der Waals surface area contributed by atoms with Crippen LogP contribution >= 0.6 is 23.2 Å². The highest BCUT2D eigenvalue weighted by molar-refractivity contribution is 6.32. The monoisotopic (exact) mass is 362 g/mol. The summed E-state index contributed by atoms with van der Waals surface area (Å²) in [5.74, 6) is -0.910. The van der Waals surface area contributed by atoms with Crippen molar-refractivity contribution in [2.24, 2.45) is 0 Å². The van der Waals surface area contributed by atoms with E-state index in [4.69, 9.17) is 33.0 Å². The standard InChI is InChI=1S/C17H12Cl2N2O3/c1-9(17(22)23)10-2-5-15(12(19)6-10)24-16-8-20-14-7-11(18)3-4-13(14)21-16/h2-9H,1H3,(H,22,23). The highest BCUT2D eigenvalue weighted by Gasteiger charge is 2.16. The van der Waals surface area contributed by atoms with Crippen molar-refractivity contribution in [3.8, 4) is 11.6 Å². The van der Waals surface area contributed by atoms with Crippen LogP contribution in [0, 0.1) is 0 Å². The third-order valence-electron chi connectivity index (χ3n) is 3.52. The average molecular weight is 363 g/mol. The van der Waals surface area contributed by atoms with Crippen LogP contribution < -0.4 is 4.74 Å². The van der Waals surface area contributed by atoms with Crippen molar-refractivity contribution in [1.82, 2.24) is 9.97 Å². The lowest BCUT2D eigenvalue weighted by molar-refractivity contribution is -0.138. The number of halogens is 2. The minimum absolute atomic E-state index is 0.283. The van der Waals surface area contributed by atoms with E-state index >= 15 is 0 Å². The summed E-state index contributed by atoms with van der Waals surface area (Å²) in [4.78, 5) is 19.6. The topological polar surface area (TPSA) is 72.3 Å². The van der Waals surface area contributed by atoms with Crippen molar-refractivity contribution in [3.63, 3.8) is 0 Å². The molecule has 1 aromatic heterocycles. The van der Waals surface area contributed by atoms with Gasteiger partial charge < -0.3 is 9.84 Å². The second kappa shape index (κ2) is 6.63. The highest BCUT2D eigenvalue weighted by atomic mass is 35.5. The lowest BCUT2D eigenvalue weighted by Gasteiger charge is -2.11. The Morgan fingerprint density at radius 2 is 1.96 bits per heavy atom. The van der Waals surface area contributed by atoms with Crippen LogP contribution in [0.25, 0.3) is 11.0 Å². The van der Waals surface area contributed by atoms with Gasteiger partial charge in [0.1, 0.15) is 5.75 Å². The number of carboxylic acids is 1. The zero-order chi connectivity index (χ0) is 17.3. The number of benzene rings is 2. The van der Waals surface area contributed by atoms with Crippen LogP contribution in [-0.2, 0) is 4.79 Å². The lowest BCUT2D eigenvalue weighted by atomic mass is 10.0. The Balaban J connectivity index is 1.88. The van der Waals surface area contributed by atoms with Crippen molar-refractivity contribution in [3.05, 3.63) is 58.2 Å². The summed E-state index contributed by atoms with van der Waals surface area (Å²) in [5.41, 5.74) is 1.90. The molecule has 7 heteroatoms.